The molecule has 2 rings (SSSR count). The van der Waals surface area contributed by atoms with Crippen LogP contribution in [0.3, 0.4) is 0 Å². The molecule has 4 heteroatoms. The van der Waals surface area contributed by atoms with Crippen LogP contribution in [0.5, 0.6) is 0 Å². The lowest BCUT2D eigenvalue weighted by Gasteiger charge is -2.36. The van der Waals surface area contributed by atoms with Crippen molar-refractivity contribution in [1.82, 2.24) is 10.2 Å². The Bertz CT molecular complexity index is 251. The number of carboxylic acids is 1. The molecule has 4 nitrogen and oxygen atoms in total. The molecule has 0 aromatic carbocycles. The average Bonchev–Trinajstić information content (AvgIpc) is 2.98. The predicted molar refractivity (Wildman–Crippen MR) is 62.4 cm³/mol. The van der Waals surface area contributed by atoms with Crippen molar-refractivity contribution in [3.63, 3.8) is 0 Å². The SMILES string of the molecule is CN1CC(CCC(=O)O)CC(NC2CC2)C1. The molecule has 2 aliphatic rings. The Morgan fingerprint density at radius 2 is 2.12 bits per heavy atom. The maximum atomic E-state index is 10.6. The summed E-state index contributed by atoms with van der Waals surface area (Å²) in [6.45, 7) is 2.16. The van der Waals surface area contributed by atoms with Gasteiger partial charge in [0.1, 0.15) is 0 Å². The second kappa shape index (κ2) is 5.15. The maximum Gasteiger partial charge on any atom is 0.303 e. The smallest absolute Gasteiger partial charge is 0.303 e. The fourth-order valence-corrected chi connectivity index (χ4v) is 2.68. The molecule has 1 saturated carbocycles. The van der Waals surface area contributed by atoms with E-state index < -0.39 is 5.97 Å². The Hall–Kier alpha value is -0.610. The van der Waals surface area contributed by atoms with Crippen molar-refractivity contribution < 1.29 is 9.90 Å². The number of nitrogens with one attached hydrogen (secondary N) is 1. The number of carbonyl (C=O) groups is 1. The fourth-order valence-electron chi connectivity index (χ4n) is 2.68. The van der Waals surface area contributed by atoms with Crippen LogP contribution in [0.1, 0.15) is 32.1 Å². The summed E-state index contributed by atoms with van der Waals surface area (Å²) in [5.41, 5.74) is 0. The number of piperidine rings is 1. The van der Waals surface area contributed by atoms with Crippen LogP contribution in [-0.2, 0) is 4.79 Å². The Morgan fingerprint density at radius 3 is 2.75 bits per heavy atom. The zero-order chi connectivity index (χ0) is 11.5. The summed E-state index contributed by atoms with van der Waals surface area (Å²) in [7, 11) is 2.13. The second-order valence-electron chi connectivity index (χ2n) is 5.39. The number of carboxylic acid groups (broad SMARTS) is 1. The van der Waals surface area contributed by atoms with Crippen LogP contribution in [0.15, 0.2) is 0 Å². The van der Waals surface area contributed by atoms with E-state index in [9.17, 15) is 4.79 Å². The molecule has 16 heavy (non-hydrogen) atoms. The maximum absolute atomic E-state index is 10.6. The standard InChI is InChI=1S/C12H22N2O2/c1-14-7-9(2-5-12(15)16)6-11(8-14)13-10-3-4-10/h9-11,13H,2-8H2,1H3,(H,15,16). The zero-order valence-electron chi connectivity index (χ0n) is 9.98. The summed E-state index contributed by atoms with van der Waals surface area (Å²) >= 11 is 0. The summed E-state index contributed by atoms with van der Waals surface area (Å²) < 4.78 is 0. The molecule has 92 valence electrons. The van der Waals surface area contributed by atoms with Crippen LogP contribution in [0.2, 0.25) is 0 Å². The van der Waals surface area contributed by atoms with E-state index in [4.69, 9.17) is 5.11 Å². The van der Waals surface area contributed by atoms with Gasteiger partial charge in [0.05, 0.1) is 0 Å². The number of nitrogens with zero attached hydrogens (tertiary/aromatic N) is 1. The van der Waals surface area contributed by atoms with E-state index in [2.05, 4.69) is 17.3 Å². The summed E-state index contributed by atoms with van der Waals surface area (Å²) in [4.78, 5) is 12.9. The highest BCUT2D eigenvalue weighted by molar-refractivity contribution is 5.66. The molecule has 0 bridgehead atoms. The highest BCUT2D eigenvalue weighted by atomic mass is 16.4. The van der Waals surface area contributed by atoms with Crippen LogP contribution in [-0.4, -0.2) is 48.2 Å². The molecule has 1 heterocycles. The predicted octanol–water partition coefficient (Wildman–Crippen LogP) is 0.923. The first-order valence-corrected chi connectivity index (χ1v) is 6.30. The van der Waals surface area contributed by atoms with Gasteiger partial charge < -0.3 is 15.3 Å². The molecular formula is C12H22N2O2. The van der Waals surface area contributed by atoms with E-state index in [1.165, 1.54) is 12.8 Å². The molecule has 0 amide bonds. The van der Waals surface area contributed by atoms with Crippen LogP contribution < -0.4 is 5.32 Å². The number of likely N-dealkylation sites (tertiary alicyclic amines) is 1. The molecule has 2 unspecified atom stereocenters. The lowest BCUT2D eigenvalue weighted by atomic mass is 9.90. The van der Waals surface area contributed by atoms with Crippen molar-refractivity contribution in [2.24, 2.45) is 5.92 Å². The van der Waals surface area contributed by atoms with Gasteiger partial charge in [-0.05, 0) is 38.6 Å². The van der Waals surface area contributed by atoms with Gasteiger partial charge in [0.2, 0.25) is 0 Å². The molecule has 2 fully saturated rings. The molecule has 1 aliphatic heterocycles. The minimum Gasteiger partial charge on any atom is -0.481 e. The van der Waals surface area contributed by atoms with Gasteiger partial charge in [0.15, 0.2) is 0 Å². The Kier molecular flexibility index (Phi) is 3.82. The third-order valence-electron chi connectivity index (χ3n) is 3.53. The molecule has 0 aromatic heterocycles. The largest absolute Gasteiger partial charge is 0.481 e. The Labute approximate surface area is 97.0 Å². The third kappa shape index (κ3) is 3.76. The van der Waals surface area contributed by atoms with Crippen LogP contribution in [0.4, 0.5) is 0 Å². The molecular weight excluding hydrogens is 204 g/mol. The van der Waals surface area contributed by atoms with Gasteiger partial charge >= 0.3 is 5.97 Å². The first-order valence-electron chi connectivity index (χ1n) is 6.30. The topological polar surface area (TPSA) is 52.6 Å². The normalized spacial score (nSPS) is 31.6. The third-order valence-corrected chi connectivity index (χ3v) is 3.53. The van der Waals surface area contributed by atoms with E-state index in [-0.39, 0.29) is 0 Å². The molecule has 2 atom stereocenters. The van der Waals surface area contributed by atoms with Crippen LogP contribution in [0.25, 0.3) is 0 Å². The number of rotatable bonds is 5. The zero-order valence-corrected chi connectivity index (χ0v) is 9.98. The van der Waals surface area contributed by atoms with E-state index in [1.807, 2.05) is 0 Å². The van der Waals surface area contributed by atoms with Gasteiger partial charge in [-0.15, -0.1) is 0 Å². The number of aliphatic carboxylic acids is 1. The summed E-state index contributed by atoms with van der Waals surface area (Å²) in [5.74, 6) is -0.119. The summed E-state index contributed by atoms with van der Waals surface area (Å²) in [5, 5.41) is 12.4. The molecule has 2 N–H and O–H groups in total. The quantitative estimate of drug-likeness (QED) is 0.732. The van der Waals surface area contributed by atoms with Crippen molar-refractivity contribution in [2.75, 3.05) is 20.1 Å². The summed E-state index contributed by atoms with van der Waals surface area (Å²) in [6.07, 6.45) is 4.92. The first kappa shape index (κ1) is 11.9. The second-order valence-corrected chi connectivity index (χ2v) is 5.39. The average molecular weight is 226 g/mol. The van der Waals surface area contributed by atoms with Crippen molar-refractivity contribution >= 4 is 5.97 Å². The Balaban J connectivity index is 1.76. The van der Waals surface area contributed by atoms with E-state index in [0.717, 1.165) is 32.0 Å². The number of hydrogen-bond acceptors (Lipinski definition) is 3. The molecule has 1 aliphatic carbocycles. The van der Waals surface area contributed by atoms with Gasteiger partial charge in [-0.3, -0.25) is 4.79 Å². The highest BCUT2D eigenvalue weighted by Crippen LogP contribution is 2.25. The summed E-state index contributed by atoms with van der Waals surface area (Å²) in [6, 6.07) is 1.32. The van der Waals surface area contributed by atoms with Crippen LogP contribution in [0, 0.1) is 5.92 Å². The van der Waals surface area contributed by atoms with Crippen molar-refractivity contribution in [3.8, 4) is 0 Å². The minimum absolute atomic E-state index is 0.314. The van der Waals surface area contributed by atoms with Gasteiger partial charge in [-0.2, -0.15) is 0 Å². The number of likely N-dealkylation sites (N-methyl/N-ethyl adjacent to an activating group) is 1. The van der Waals surface area contributed by atoms with Crippen molar-refractivity contribution in [1.29, 1.82) is 0 Å². The molecule has 1 saturated heterocycles. The van der Waals surface area contributed by atoms with Crippen molar-refractivity contribution in [2.45, 2.75) is 44.2 Å². The lowest BCUT2D eigenvalue weighted by Crippen LogP contribution is -2.48. The van der Waals surface area contributed by atoms with Gasteiger partial charge in [0.25, 0.3) is 0 Å². The van der Waals surface area contributed by atoms with Gasteiger partial charge in [-0.25, -0.2) is 0 Å². The van der Waals surface area contributed by atoms with Gasteiger partial charge in [-0.1, -0.05) is 0 Å². The first-order chi connectivity index (χ1) is 7.63. The highest BCUT2D eigenvalue weighted by Gasteiger charge is 2.30. The number of hydrogen-bond donors (Lipinski definition) is 2. The Morgan fingerprint density at radius 1 is 1.38 bits per heavy atom. The molecule has 0 aromatic rings. The van der Waals surface area contributed by atoms with Crippen molar-refractivity contribution in [3.05, 3.63) is 0 Å². The van der Waals surface area contributed by atoms with E-state index in [1.54, 1.807) is 0 Å². The minimum atomic E-state index is -0.667. The van der Waals surface area contributed by atoms with Crippen LogP contribution >= 0.6 is 0 Å². The lowest BCUT2D eigenvalue weighted by molar-refractivity contribution is -0.137. The van der Waals surface area contributed by atoms with Gasteiger partial charge in [0, 0.05) is 31.6 Å². The molecule has 0 radical (unpaired) electrons. The van der Waals surface area contributed by atoms with E-state index in [0.29, 0.717) is 18.4 Å². The van der Waals surface area contributed by atoms with E-state index >= 15 is 0 Å². The fraction of sp³-hybridized carbons (Fsp3) is 0.917. The molecule has 0 spiro atoms. The monoisotopic (exact) mass is 226 g/mol.